The second-order valence-corrected chi connectivity index (χ2v) is 11.0. The third-order valence-corrected chi connectivity index (χ3v) is 6.50. The molecule has 0 aliphatic heterocycles. The Morgan fingerprint density at radius 1 is 1.08 bits per heavy atom. The minimum atomic E-state index is -0.606. The first-order chi connectivity index (χ1) is 18.7. The molecule has 1 saturated carbocycles. The second-order valence-electron chi connectivity index (χ2n) is 11.0. The van der Waals surface area contributed by atoms with Crippen molar-refractivity contribution in [2.75, 3.05) is 5.32 Å². The number of ether oxygens (including phenoxy) is 1. The third kappa shape index (κ3) is 8.48. The van der Waals surface area contributed by atoms with Crippen LogP contribution in [0.2, 0.25) is 0 Å². The summed E-state index contributed by atoms with van der Waals surface area (Å²) in [4.78, 5) is 28.5. The van der Waals surface area contributed by atoms with Gasteiger partial charge < -0.3 is 15.8 Å². The molecule has 0 bridgehead atoms. The highest BCUT2D eigenvalue weighted by Gasteiger charge is 2.24. The van der Waals surface area contributed by atoms with Crippen molar-refractivity contribution in [3.8, 4) is 11.3 Å². The summed E-state index contributed by atoms with van der Waals surface area (Å²) in [5.74, 6) is 0.812. The third-order valence-electron chi connectivity index (χ3n) is 6.50. The Bertz CT molecular complexity index is 1310. The van der Waals surface area contributed by atoms with E-state index in [4.69, 9.17) is 15.5 Å². The number of hydrogen-bond donors (Lipinski definition) is 3. The minimum absolute atomic E-state index is 0.219. The largest absolute Gasteiger partial charge is 0.444 e. The topological polar surface area (TPSA) is 119 Å². The number of nitrogens with two attached hydrogens (primary N) is 1. The van der Waals surface area contributed by atoms with Gasteiger partial charge in [0.2, 0.25) is 0 Å². The zero-order valence-corrected chi connectivity index (χ0v) is 22.8. The molecule has 0 saturated heterocycles. The van der Waals surface area contributed by atoms with Crippen LogP contribution in [0.3, 0.4) is 0 Å². The SMILES string of the molecule is CC(C)(C)OC(=O)N/C(=C\C(N)Nc1cc(Cc2ccccc2)cc(-c2cccc(N=O)c2)n1)C1CCCC1. The Hall–Kier alpha value is -4.04. The van der Waals surface area contributed by atoms with Crippen molar-refractivity contribution in [3.05, 3.63) is 94.5 Å². The number of nitrogens with one attached hydrogen (secondary N) is 2. The predicted octanol–water partition coefficient (Wildman–Crippen LogP) is 7.03. The van der Waals surface area contributed by atoms with Crippen LogP contribution in [-0.2, 0) is 11.2 Å². The molecular weight excluding hydrogens is 490 g/mol. The van der Waals surface area contributed by atoms with Crippen LogP contribution in [0.5, 0.6) is 0 Å². The van der Waals surface area contributed by atoms with Gasteiger partial charge >= 0.3 is 6.09 Å². The number of benzene rings is 2. The summed E-state index contributed by atoms with van der Waals surface area (Å²) in [6.45, 7) is 5.52. The molecule has 1 unspecified atom stereocenters. The van der Waals surface area contributed by atoms with E-state index in [1.54, 1.807) is 18.2 Å². The molecule has 1 atom stereocenters. The van der Waals surface area contributed by atoms with Crippen LogP contribution in [0.1, 0.15) is 57.6 Å². The van der Waals surface area contributed by atoms with Crippen LogP contribution in [0.15, 0.2) is 83.7 Å². The van der Waals surface area contributed by atoms with Crippen LogP contribution in [0.4, 0.5) is 16.3 Å². The molecule has 1 heterocycles. The first-order valence-corrected chi connectivity index (χ1v) is 13.4. The number of carbonyl (C=O) groups excluding carboxylic acids is 1. The molecule has 204 valence electrons. The molecule has 2 aromatic carbocycles. The lowest BCUT2D eigenvalue weighted by Gasteiger charge is -2.23. The molecule has 3 aromatic rings. The monoisotopic (exact) mass is 527 g/mol. The van der Waals surface area contributed by atoms with Gasteiger partial charge in [0.1, 0.15) is 17.1 Å². The van der Waals surface area contributed by atoms with Gasteiger partial charge in [0, 0.05) is 11.3 Å². The van der Waals surface area contributed by atoms with Gasteiger partial charge in [0.25, 0.3) is 0 Å². The first kappa shape index (κ1) is 28.0. The van der Waals surface area contributed by atoms with E-state index in [9.17, 15) is 9.70 Å². The lowest BCUT2D eigenvalue weighted by molar-refractivity contribution is 0.0540. The van der Waals surface area contributed by atoms with Crippen molar-refractivity contribution in [3.63, 3.8) is 0 Å². The number of allylic oxidation sites excluding steroid dienone is 1. The van der Waals surface area contributed by atoms with Crippen LogP contribution in [0.25, 0.3) is 11.3 Å². The lowest BCUT2D eigenvalue weighted by atomic mass is 10.0. The lowest BCUT2D eigenvalue weighted by Crippen LogP contribution is -2.36. The number of anilines is 1. The summed E-state index contributed by atoms with van der Waals surface area (Å²) in [6.07, 6.45) is 5.67. The highest BCUT2D eigenvalue weighted by Crippen LogP contribution is 2.31. The molecule has 39 heavy (non-hydrogen) atoms. The normalized spacial score (nSPS) is 15.0. The van der Waals surface area contributed by atoms with Gasteiger partial charge in [-0.1, -0.05) is 55.3 Å². The molecule has 4 rings (SSSR count). The number of alkyl carbamates (subject to hydrolysis) is 1. The fraction of sp³-hybridized carbons (Fsp3) is 0.355. The highest BCUT2D eigenvalue weighted by molar-refractivity contribution is 5.70. The number of amides is 1. The Labute approximate surface area is 230 Å². The smallest absolute Gasteiger partial charge is 0.411 e. The van der Waals surface area contributed by atoms with Gasteiger partial charge in [-0.25, -0.2) is 9.78 Å². The number of nitroso groups, excluding NO2 is 1. The Balaban J connectivity index is 1.62. The van der Waals surface area contributed by atoms with E-state index in [1.807, 2.05) is 63.2 Å². The first-order valence-electron chi connectivity index (χ1n) is 13.4. The zero-order chi connectivity index (χ0) is 27.8. The number of pyridine rings is 1. The molecule has 1 fully saturated rings. The van der Waals surface area contributed by atoms with Crippen LogP contribution in [0, 0.1) is 10.8 Å². The fourth-order valence-electron chi connectivity index (χ4n) is 4.81. The van der Waals surface area contributed by atoms with E-state index >= 15 is 0 Å². The van der Waals surface area contributed by atoms with Crippen molar-refractivity contribution in [2.24, 2.45) is 16.8 Å². The maximum Gasteiger partial charge on any atom is 0.411 e. The molecular formula is C31H37N5O3. The van der Waals surface area contributed by atoms with Crippen LogP contribution >= 0.6 is 0 Å². The summed E-state index contributed by atoms with van der Waals surface area (Å²) < 4.78 is 5.49. The number of carbonyl (C=O) groups is 1. The number of nitrogens with zero attached hydrogens (tertiary/aromatic N) is 2. The second kappa shape index (κ2) is 12.7. The van der Waals surface area contributed by atoms with Crippen molar-refractivity contribution in [1.82, 2.24) is 10.3 Å². The van der Waals surface area contributed by atoms with Gasteiger partial charge in [-0.15, -0.1) is 4.91 Å². The molecule has 1 amide bonds. The average Bonchev–Trinajstić information content (AvgIpc) is 3.43. The van der Waals surface area contributed by atoms with Gasteiger partial charge in [0.05, 0.1) is 11.9 Å². The minimum Gasteiger partial charge on any atom is -0.444 e. The van der Waals surface area contributed by atoms with E-state index in [1.165, 1.54) is 0 Å². The molecule has 8 heteroatoms. The number of rotatable bonds is 9. The van der Waals surface area contributed by atoms with Gasteiger partial charge in [-0.3, -0.25) is 5.32 Å². The standard InChI is InChI=1S/C31H37N5O3/c1-31(2,3)39-30(37)34-27(23-12-7-8-13-23)20-28(32)35-29-18-22(16-21-10-5-4-6-11-21)17-26(33-29)24-14-9-15-25(19-24)36-38/h4-6,9-11,14-15,17-20,23,28H,7-8,12-13,16,32H2,1-3H3,(H,33,35)(H,34,37)/b27-20-. The molecule has 1 aromatic heterocycles. The predicted molar refractivity (Wildman–Crippen MR) is 155 cm³/mol. The Kier molecular flexibility index (Phi) is 9.09. The Morgan fingerprint density at radius 3 is 2.51 bits per heavy atom. The Morgan fingerprint density at radius 2 is 1.82 bits per heavy atom. The molecule has 0 radical (unpaired) electrons. The average molecular weight is 528 g/mol. The van der Waals surface area contributed by atoms with E-state index in [2.05, 4.69) is 27.9 Å². The van der Waals surface area contributed by atoms with Crippen molar-refractivity contribution < 1.29 is 9.53 Å². The van der Waals surface area contributed by atoms with Crippen LogP contribution < -0.4 is 16.4 Å². The maximum atomic E-state index is 12.6. The van der Waals surface area contributed by atoms with E-state index < -0.39 is 17.9 Å². The van der Waals surface area contributed by atoms with E-state index in [-0.39, 0.29) is 5.92 Å². The highest BCUT2D eigenvalue weighted by atomic mass is 16.6. The van der Waals surface area contributed by atoms with Gasteiger partial charge in [-0.05, 0) is 92.6 Å². The molecule has 4 N–H and O–H groups in total. The van der Waals surface area contributed by atoms with Crippen LogP contribution in [-0.4, -0.2) is 22.8 Å². The number of hydrogen-bond acceptors (Lipinski definition) is 7. The molecule has 1 aliphatic carbocycles. The van der Waals surface area contributed by atoms with Gasteiger partial charge in [-0.2, -0.15) is 0 Å². The van der Waals surface area contributed by atoms with Crippen molar-refractivity contribution >= 4 is 17.6 Å². The molecule has 1 aliphatic rings. The van der Waals surface area contributed by atoms with E-state index in [0.29, 0.717) is 23.6 Å². The molecule has 8 nitrogen and oxygen atoms in total. The number of aromatic nitrogens is 1. The van der Waals surface area contributed by atoms with E-state index in [0.717, 1.165) is 48.1 Å². The van der Waals surface area contributed by atoms with Crippen molar-refractivity contribution in [2.45, 2.75) is 64.6 Å². The van der Waals surface area contributed by atoms with Crippen molar-refractivity contribution in [1.29, 1.82) is 0 Å². The fourth-order valence-corrected chi connectivity index (χ4v) is 4.81. The molecule has 0 spiro atoms. The summed E-state index contributed by atoms with van der Waals surface area (Å²) >= 11 is 0. The summed E-state index contributed by atoms with van der Waals surface area (Å²) in [5.41, 5.74) is 10.7. The zero-order valence-electron chi connectivity index (χ0n) is 22.8. The maximum absolute atomic E-state index is 12.6. The quantitative estimate of drug-likeness (QED) is 0.203. The summed E-state index contributed by atoms with van der Waals surface area (Å²) in [7, 11) is 0. The van der Waals surface area contributed by atoms with Gasteiger partial charge in [0.15, 0.2) is 0 Å². The summed E-state index contributed by atoms with van der Waals surface area (Å²) in [5, 5.41) is 9.31. The summed E-state index contributed by atoms with van der Waals surface area (Å²) in [6, 6.07) is 21.2.